The second-order valence-electron chi connectivity index (χ2n) is 2.70. The average molecular weight is 287 g/mol. The van der Waals surface area contributed by atoms with Gasteiger partial charge in [0.1, 0.15) is 11.4 Å². The molecule has 0 amide bonds. The number of halogens is 5. The lowest BCUT2D eigenvalue weighted by atomic mass is 9.79. The highest BCUT2D eigenvalue weighted by Gasteiger charge is 2.38. The Labute approximate surface area is 90.8 Å². The van der Waals surface area contributed by atoms with E-state index in [4.69, 9.17) is 10.0 Å². The van der Waals surface area contributed by atoms with Crippen LogP contribution in [0.4, 0.5) is 17.6 Å². The summed E-state index contributed by atoms with van der Waals surface area (Å²) in [7, 11) is -2.28. The van der Waals surface area contributed by atoms with Gasteiger partial charge in [-0.3, -0.25) is 0 Å². The van der Waals surface area contributed by atoms with Crippen molar-refractivity contribution >= 4 is 28.5 Å². The number of benzene rings is 1. The Morgan fingerprint density at radius 1 is 1.20 bits per heavy atom. The maximum absolute atomic E-state index is 13.2. The molecule has 82 valence electrons. The standard InChI is InChI=1S/C7H4BBrF4O2/c9-4-2-1-3(8(14)15)6(10)5(4)7(11,12)13/h1-2,14-15H. The summed E-state index contributed by atoms with van der Waals surface area (Å²) in [5.74, 6) is -1.69. The van der Waals surface area contributed by atoms with Crippen molar-refractivity contribution < 1.29 is 27.6 Å². The lowest BCUT2D eigenvalue weighted by molar-refractivity contribution is -0.140. The van der Waals surface area contributed by atoms with Gasteiger partial charge < -0.3 is 10.0 Å². The van der Waals surface area contributed by atoms with Crippen molar-refractivity contribution in [2.75, 3.05) is 0 Å². The molecule has 0 bridgehead atoms. The first kappa shape index (κ1) is 12.5. The molecule has 2 nitrogen and oxygen atoms in total. The van der Waals surface area contributed by atoms with E-state index in [-0.39, 0.29) is 0 Å². The van der Waals surface area contributed by atoms with E-state index in [9.17, 15) is 17.6 Å². The SMILES string of the molecule is OB(O)c1ccc(Br)c(C(F)(F)F)c1F. The smallest absolute Gasteiger partial charge is 0.423 e. The van der Waals surface area contributed by atoms with Gasteiger partial charge in [-0.05, 0) is 6.07 Å². The van der Waals surface area contributed by atoms with Gasteiger partial charge in [0.05, 0.1) is 0 Å². The zero-order chi connectivity index (χ0) is 11.8. The molecule has 0 unspecified atom stereocenters. The van der Waals surface area contributed by atoms with E-state index in [0.29, 0.717) is 0 Å². The van der Waals surface area contributed by atoms with Crippen molar-refractivity contribution in [3.63, 3.8) is 0 Å². The molecule has 1 aromatic carbocycles. The number of hydrogen-bond donors (Lipinski definition) is 2. The van der Waals surface area contributed by atoms with Gasteiger partial charge in [-0.25, -0.2) is 4.39 Å². The van der Waals surface area contributed by atoms with Crippen LogP contribution in [0.1, 0.15) is 5.56 Å². The summed E-state index contributed by atoms with van der Waals surface area (Å²) in [6.07, 6.45) is -4.90. The summed E-state index contributed by atoms with van der Waals surface area (Å²) >= 11 is 2.54. The Bertz CT molecular complexity index is 380. The van der Waals surface area contributed by atoms with E-state index in [1.54, 1.807) is 0 Å². The number of rotatable bonds is 1. The van der Waals surface area contributed by atoms with Crippen LogP contribution in [0.5, 0.6) is 0 Å². The highest BCUT2D eigenvalue weighted by Crippen LogP contribution is 2.35. The Hall–Kier alpha value is -0.595. The second-order valence-corrected chi connectivity index (χ2v) is 3.55. The molecule has 8 heteroatoms. The van der Waals surface area contributed by atoms with Gasteiger partial charge >= 0.3 is 13.3 Å². The van der Waals surface area contributed by atoms with Gasteiger partial charge in [0.25, 0.3) is 0 Å². The van der Waals surface area contributed by atoms with Crippen LogP contribution in [0, 0.1) is 5.82 Å². The Morgan fingerprint density at radius 2 is 1.73 bits per heavy atom. The molecule has 0 atom stereocenters. The zero-order valence-electron chi connectivity index (χ0n) is 7.02. The van der Waals surface area contributed by atoms with E-state index >= 15 is 0 Å². The number of alkyl halides is 3. The van der Waals surface area contributed by atoms with Crippen molar-refractivity contribution in [1.29, 1.82) is 0 Å². The van der Waals surface area contributed by atoms with Crippen LogP contribution in [0.2, 0.25) is 0 Å². The molecule has 0 aliphatic heterocycles. The molecular weight excluding hydrogens is 283 g/mol. The average Bonchev–Trinajstić information content (AvgIpc) is 2.00. The largest absolute Gasteiger partial charge is 0.491 e. The molecule has 0 spiro atoms. The Balaban J connectivity index is 3.44. The summed E-state index contributed by atoms with van der Waals surface area (Å²) < 4.78 is 49.7. The normalized spacial score (nSPS) is 11.7. The van der Waals surface area contributed by atoms with Crippen LogP contribution >= 0.6 is 15.9 Å². The lowest BCUT2D eigenvalue weighted by Crippen LogP contribution is -2.34. The molecule has 0 aliphatic rings. The first-order valence-corrected chi connectivity index (χ1v) is 4.45. The highest BCUT2D eigenvalue weighted by molar-refractivity contribution is 9.10. The maximum Gasteiger partial charge on any atom is 0.491 e. The molecule has 1 rings (SSSR count). The molecule has 1 aromatic rings. The van der Waals surface area contributed by atoms with Gasteiger partial charge in [-0.2, -0.15) is 13.2 Å². The third kappa shape index (κ3) is 2.50. The van der Waals surface area contributed by atoms with Crippen LogP contribution in [0.3, 0.4) is 0 Å². The quantitative estimate of drug-likeness (QED) is 0.603. The molecule has 2 N–H and O–H groups in total. The third-order valence-electron chi connectivity index (χ3n) is 1.68. The molecule has 0 heterocycles. The first-order chi connectivity index (χ1) is 6.75. The van der Waals surface area contributed by atoms with Crippen LogP contribution in [0.15, 0.2) is 16.6 Å². The Kier molecular flexibility index (Phi) is 3.42. The third-order valence-corrected chi connectivity index (χ3v) is 2.34. The number of hydrogen-bond acceptors (Lipinski definition) is 2. The van der Waals surface area contributed by atoms with Crippen LogP contribution < -0.4 is 5.46 Å². The molecular formula is C7H4BBrF4O2. The monoisotopic (exact) mass is 286 g/mol. The Morgan fingerprint density at radius 3 is 2.13 bits per heavy atom. The molecule has 0 saturated carbocycles. The van der Waals surface area contributed by atoms with Gasteiger partial charge in [-0.1, -0.05) is 22.0 Å². The van der Waals surface area contributed by atoms with Crippen LogP contribution in [-0.2, 0) is 6.18 Å². The van der Waals surface area contributed by atoms with Crippen molar-refractivity contribution in [1.82, 2.24) is 0 Å². The highest BCUT2D eigenvalue weighted by atomic mass is 79.9. The fourth-order valence-electron chi connectivity index (χ4n) is 1.03. The summed E-state index contributed by atoms with van der Waals surface area (Å²) in [5.41, 5.74) is -2.36. The van der Waals surface area contributed by atoms with Gasteiger partial charge in [0.15, 0.2) is 0 Å². The van der Waals surface area contributed by atoms with E-state index in [1.807, 2.05) is 0 Å². The molecule has 0 saturated heterocycles. The van der Waals surface area contributed by atoms with Gasteiger partial charge in [0, 0.05) is 9.94 Å². The predicted molar refractivity (Wildman–Crippen MR) is 48.9 cm³/mol. The van der Waals surface area contributed by atoms with Gasteiger partial charge in [-0.15, -0.1) is 0 Å². The predicted octanol–water partition coefficient (Wildman–Crippen LogP) is 1.29. The van der Waals surface area contributed by atoms with Crippen molar-refractivity contribution in [3.05, 3.63) is 28.0 Å². The minimum absolute atomic E-state index is 0.489. The molecule has 0 aliphatic carbocycles. The summed E-state index contributed by atoms with van der Waals surface area (Å²) in [6, 6.07) is 1.76. The van der Waals surface area contributed by atoms with Crippen LogP contribution in [0.25, 0.3) is 0 Å². The fourth-order valence-corrected chi connectivity index (χ4v) is 1.56. The van der Waals surface area contributed by atoms with Crippen molar-refractivity contribution in [3.8, 4) is 0 Å². The molecule has 0 aromatic heterocycles. The van der Waals surface area contributed by atoms with E-state index in [1.165, 1.54) is 0 Å². The summed E-state index contributed by atoms with van der Waals surface area (Å²) in [5, 5.41) is 17.2. The maximum atomic E-state index is 13.2. The van der Waals surface area contributed by atoms with Crippen LogP contribution in [-0.4, -0.2) is 17.2 Å². The fraction of sp³-hybridized carbons (Fsp3) is 0.143. The molecule has 15 heavy (non-hydrogen) atoms. The van der Waals surface area contributed by atoms with E-state index in [2.05, 4.69) is 15.9 Å². The molecule has 0 radical (unpaired) electrons. The van der Waals surface area contributed by atoms with E-state index < -0.39 is 34.6 Å². The topological polar surface area (TPSA) is 40.5 Å². The lowest BCUT2D eigenvalue weighted by Gasteiger charge is -2.12. The minimum Gasteiger partial charge on any atom is -0.423 e. The van der Waals surface area contributed by atoms with E-state index in [0.717, 1.165) is 12.1 Å². The molecule has 0 fully saturated rings. The van der Waals surface area contributed by atoms with Crippen molar-refractivity contribution in [2.45, 2.75) is 6.18 Å². The first-order valence-electron chi connectivity index (χ1n) is 3.66. The van der Waals surface area contributed by atoms with Crippen molar-refractivity contribution in [2.24, 2.45) is 0 Å². The minimum atomic E-state index is -4.90. The summed E-state index contributed by atoms with van der Waals surface area (Å²) in [4.78, 5) is 0. The zero-order valence-corrected chi connectivity index (χ0v) is 8.60. The second kappa shape index (κ2) is 4.11. The van der Waals surface area contributed by atoms with Gasteiger partial charge in [0.2, 0.25) is 0 Å². The summed E-state index contributed by atoms with van der Waals surface area (Å²) in [6.45, 7) is 0.